The Morgan fingerprint density at radius 2 is 2.36 bits per heavy atom. The minimum absolute atomic E-state index is 0.00792. The van der Waals surface area contributed by atoms with Crippen molar-refractivity contribution >= 4 is 22.2 Å². The van der Waals surface area contributed by atoms with Crippen molar-refractivity contribution in [3.05, 3.63) is 21.7 Å². The van der Waals surface area contributed by atoms with E-state index in [-0.39, 0.29) is 27.1 Å². The molecule has 1 aromatic rings. The van der Waals surface area contributed by atoms with Gasteiger partial charge in [-0.05, 0) is 22.0 Å². The van der Waals surface area contributed by atoms with Gasteiger partial charge in [-0.25, -0.2) is 0 Å². The highest BCUT2D eigenvalue weighted by atomic mass is 79.9. The third-order valence-electron chi connectivity index (χ3n) is 1.69. The van der Waals surface area contributed by atoms with Gasteiger partial charge in [0, 0.05) is 10.0 Å². The second kappa shape index (κ2) is 4.11. The highest BCUT2D eigenvalue weighted by Crippen LogP contribution is 2.36. The maximum Gasteiger partial charge on any atom is 0.177 e. The van der Waals surface area contributed by atoms with Gasteiger partial charge in [-0.2, -0.15) is 5.26 Å². The number of ether oxygens (including phenoxy) is 1. The molecule has 1 N–H and O–H groups in total. The third-order valence-corrected chi connectivity index (χ3v) is 2.54. The summed E-state index contributed by atoms with van der Waals surface area (Å²) in [6, 6.07) is 3.13. The van der Waals surface area contributed by atoms with E-state index in [1.165, 1.54) is 13.2 Å². The molecule has 0 aliphatic rings. The number of methoxy groups -OCH3 is 1. The van der Waals surface area contributed by atoms with Crippen LogP contribution in [-0.2, 0) is 0 Å². The van der Waals surface area contributed by atoms with Crippen LogP contribution in [0.2, 0.25) is 0 Å². The molecule has 0 amide bonds. The minimum atomic E-state index is -0.271. The molecular formula is C9H6BrNO3. The molecule has 0 saturated carbocycles. The number of phenols is 1. The van der Waals surface area contributed by atoms with Crippen molar-refractivity contribution in [2.24, 2.45) is 0 Å². The summed E-state index contributed by atoms with van der Waals surface area (Å²) in [5, 5.41) is 18.2. The molecule has 5 heteroatoms. The number of nitriles is 1. The largest absolute Gasteiger partial charge is 0.503 e. The maximum atomic E-state index is 10.6. The lowest BCUT2D eigenvalue weighted by Crippen LogP contribution is -1.92. The Morgan fingerprint density at radius 3 is 2.79 bits per heavy atom. The first-order valence-corrected chi connectivity index (χ1v) is 4.39. The van der Waals surface area contributed by atoms with Gasteiger partial charge in [-0.1, -0.05) is 0 Å². The van der Waals surface area contributed by atoms with E-state index in [0.717, 1.165) is 0 Å². The molecule has 1 rings (SSSR count). The summed E-state index contributed by atoms with van der Waals surface area (Å²) in [7, 11) is 1.35. The fourth-order valence-electron chi connectivity index (χ4n) is 0.988. The second-order valence-electron chi connectivity index (χ2n) is 2.44. The molecule has 0 fully saturated rings. The van der Waals surface area contributed by atoms with Crippen LogP contribution in [0.5, 0.6) is 11.5 Å². The number of phenolic OH excluding ortho intramolecular Hbond substituents is 1. The van der Waals surface area contributed by atoms with Crippen LogP contribution in [0.4, 0.5) is 0 Å². The van der Waals surface area contributed by atoms with Crippen LogP contribution in [0, 0.1) is 11.3 Å². The molecule has 72 valence electrons. The third kappa shape index (κ3) is 1.56. The van der Waals surface area contributed by atoms with E-state index in [4.69, 9.17) is 10.00 Å². The maximum absolute atomic E-state index is 10.6. The monoisotopic (exact) mass is 255 g/mol. The van der Waals surface area contributed by atoms with E-state index in [2.05, 4.69) is 15.9 Å². The number of rotatable bonds is 2. The number of nitrogens with zero attached hydrogens (tertiary/aromatic N) is 1. The van der Waals surface area contributed by atoms with Crippen molar-refractivity contribution in [3.63, 3.8) is 0 Å². The smallest absolute Gasteiger partial charge is 0.177 e. The number of hydrogen-bond acceptors (Lipinski definition) is 4. The van der Waals surface area contributed by atoms with Crippen molar-refractivity contribution < 1.29 is 14.6 Å². The molecule has 0 spiro atoms. The fourth-order valence-corrected chi connectivity index (χ4v) is 1.47. The first kappa shape index (κ1) is 10.5. The van der Waals surface area contributed by atoms with Crippen LogP contribution in [0.1, 0.15) is 15.9 Å². The van der Waals surface area contributed by atoms with Crippen LogP contribution in [0.3, 0.4) is 0 Å². The van der Waals surface area contributed by atoms with Crippen molar-refractivity contribution in [2.75, 3.05) is 7.11 Å². The van der Waals surface area contributed by atoms with E-state index >= 15 is 0 Å². The average molecular weight is 256 g/mol. The van der Waals surface area contributed by atoms with E-state index < -0.39 is 0 Å². The Labute approximate surface area is 88.9 Å². The molecule has 0 unspecified atom stereocenters. The zero-order valence-electron chi connectivity index (χ0n) is 7.24. The standard InChI is InChI=1S/C9H6BrNO3/c1-14-7-2-5(4-12)8(10)6(3-11)9(7)13/h2,4,13H,1H3. The number of carbonyl (C=O) groups excluding carboxylic acids is 1. The zero-order chi connectivity index (χ0) is 10.7. The normalized spacial score (nSPS) is 9.21. The van der Waals surface area contributed by atoms with Gasteiger partial charge in [0.25, 0.3) is 0 Å². The molecule has 0 aromatic heterocycles. The van der Waals surface area contributed by atoms with Gasteiger partial charge in [0.2, 0.25) is 0 Å². The van der Waals surface area contributed by atoms with Crippen LogP contribution in [0.15, 0.2) is 10.5 Å². The van der Waals surface area contributed by atoms with Crippen molar-refractivity contribution in [3.8, 4) is 17.6 Å². The van der Waals surface area contributed by atoms with E-state index in [0.29, 0.717) is 6.29 Å². The lowest BCUT2D eigenvalue weighted by Gasteiger charge is -2.07. The number of benzene rings is 1. The Kier molecular flexibility index (Phi) is 3.10. The van der Waals surface area contributed by atoms with E-state index in [9.17, 15) is 9.90 Å². The van der Waals surface area contributed by atoms with Crippen molar-refractivity contribution in [1.29, 1.82) is 5.26 Å². The molecule has 0 radical (unpaired) electrons. The molecular weight excluding hydrogens is 250 g/mol. The lowest BCUT2D eigenvalue weighted by atomic mass is 10.1. The quantitative estimate of drug-likeness (QED) is 0.819. The van der Waals surface area contributed by atoms with Gasteiger partial charge < -0.3 is 9.84 Å². The second-order valence-corrected chi connectivity index (χ2v) is 3.23. The molecule has 4 nitrogen and oxygen atoms in total. The molecule has 0 saturated heterocycles. The first-order valence-electron chi connectivity index (χ1n) is 3.60. The van der Waals surface area contributed by atoms with Gasteiger partial charge in [-0.3, -0.25) is 4.79 Å². The van der Waals surface area contributed by atoms with Crippen molar-refractivity contribution in [2.45, 2.75) is 0 Å². The molecule has 0 aliphatic heterocycles. The fraction of sp³-hybridized carbons (Fsp3) is 0.111. The molecule has 0 aliphatic carbocycles. The molecule has 0 atom stereocenters. The summed E-state index contributed by atoms with van der Waals surface area (Å²) >= 11 is 3.05. The summed E-state index contributed by atoms with van der Waals surface area (Å²) in [6.07, 6.45) is 0.576. The Balaban J connectivity index is 3.57. The molecule has 0 bridgehead atoms. The Hall–Kier alpha value is -1.54. The van der Waals surface area contributed by atoms with Crippen LogP contribution in [0.25, 0.3) is 0 Å². The molecule has 1 aromatic carbocycles. The summed E-state index contributed by atoms with van der Waals surface area (Å²) in [6.45, 7) is 0. The van der Waals surface area contributed by atoms with E-state index in [1.54, 1.807) is 6.07 Å². The minimum Gasteiger partial charge on any atom is -0.503 e. The van der Waals surface area contributed by atoms with Crippen LogP contribution in [-0.4, -0.2) is 18.5 Å². The predicted octanol–water partition coefficient (Wildman–Crippen LogP) is 1.85. The highest BCUT2D eigenvalue weighted by Gasteiger charge is 2.15. The average Bonchev–Trinajstić information content (AvgIpc) is 2.19. The summed E-state index contributed by atoms with van der Waals surface area (Å²) in [4.78, 5) is 10.6. The number of aromatic hydroxyl groups is 1. The highest BCUT2D eigenvalue weighted by molar-refractivity contribution is 9.10. The Morgan fingerprint density at radius 1 is 1.71 bits per heavy atom. The van der Waals surface area contributed by atoms with Gasteiger partial charge in [0.05, 0.1) is 7.11 Å². The van der Waals surface area contributed by atoms with Gasteiger partial charge in [0.15, 0.2) is 17.8 Å². The SMILES string of the molecule is COc1cc(C=O)c(Br)c(C#N)c1O. The van der Waals surface area contributed by atoms with E-state index in [1.807, 2.05) is 0 Å². The lowest BCUT2D eigenvalue weighted by molar-refractivity contribution is 0.112. The Bertz CT molecular complexity index is 423. The van der Waals surface area contributed by atoms with Gasteiger partial charge >= 0.3 is 0 Å². The summed E-state index contributed by atoms with van der Waals surface area (Å²) in [5.41, 5.74) is 0.252. The number of hydrogen-bond donors (Lipinski definition) is 1. The van der Waals surface area contributed by atoms with Gasteiger partial charge in [0.1, 0.15) is 11.6 Å². The summed E-state index contributed by atoms with van der Waals surface area (Å²) in [5.74, 6) is -0.167. The first-order chi connectivity index (χ1) is 6.65. The number of halogens is 1. The van der Waals surface area contributed by atoms with Crippen LogP contribution >= 0.6 is 15.9 Å². The predicted molar refractivity (Wildman–Crippen MR) is 52.5 cm³/mol. The zero-order valence-corrected chi connectivity index (χ0v) is 8.83. The van der Waals surface area contributed by atoms with Crippen LogP contribution < -0.4 is 4.74 Å². The van der Waals surface area contributed by atoms with Crippen molar-refractivity contribution in [1.82, 2.24) is 0 Å². The molecule has 14 heavy (non-hydrogen) atoms. The summed E-state index contributed by atoms with van der Waals surface area (Å²) < 4.78 is 5.08. The molecule has 0 heterocycles. The van der Waals surface area contributed by atoms with Gasteiger partial charge in [-0.15, -0.1) is 0 Å². The topological polar surface area (TPSA) is 70.3 Å². The number of carbonyl (C=O) groups is 1. The number of aldehydes is 1.